The molecule has 0 saturated heterocycles. The lowest BCUT2D eigenvalue weighted by Gasteiger charge is -2.06. The van der Waals surface area contributed by atoms with Crippen molar-refractivity contribution in [1.29, 1.82) is 0 Å². The van der Waals surface area contributed by atoms with Crippen molar-refractivity contribution in [3.63, 3.8) is 0 Å². The van der Waals surface area contributed by atoms with Gasteiger partial charge in [0.15, 0.2) is 11.0 Å². The van der Waals surface area contributed by atoms with Crippen molar-refractivity contribution in [3.8, 4) is 5.75 Å². The Hall–Kier alpha value is -1.87. The lowest BCUT2D eigenvalue weighted by atomic mass is 10.3. The number of aromatic nitrogens is 3. The van der Waals surface area contributed by atoms with Crippen LogP contribution in [0, 0.1) is 0 Å². The van der Waals surface area contributed by atoms with Crippen LogP contribution in [0.15, 0.2) is 47.2 Å². The topological polar surface area (TPSA) is 91.0 Å². The van der Waals surface area contributed by atoms with Gasteiger partial charge in [-0.25, -0.2) is 15.0 Å². The summed E-state index contributed by atoms with van der Waals surface area (Å²) in [6.45, 7) is 2.36. The molecular weight excluding hydrogens is 439 g/mol. The highest BCUT2D eigenvalue weighted by Crippen LogP contribution is 2.24. The van der Waals surface area contributed by atoms with E-state index >= 15 is 0 Å². The zero-order valence-corrected chi connectivity index (χ0v) is 18.1. The molecule has 0 unspecified atom stereocenters. The fraction of sp³-hybridized carbons (Fsp3) is 0.222. The number of carbonyl (C=O) groups excluding carboxylic acids is 1. The molecule has 0 radical (unpaired) electrons. The second kappa shape index (κ2) is 11.9. The first-order valence-corrected chi connectivity index (χ1v) is 10.8. The minimum absolute atomic E-state index is 0.249. The normalized spacial score (nSPS) is 10.1. The molecule has 3 aromatic rings. The Morgan fingerprint density at radius 2 is 2.00 bits per heavy atom. The van der Waals surface area contributed by atoms with Crippen LogP contribution < -0.4 is 10.5 Å². The van der Waals surface area contributed by atoms with Crippen molar-refractivity contribution < 1.29 is 9.53 Å². The SMILES string of the molecule is CCCSc1ncnc(COc2cc(Cl)cc(Cl)c2)n1.NC(=O)c1cccs1. The van der Waals surface area contributed by atoms with Crippen LogP contribution >= 0.6 is 46.3 Å². The van der Waals surface area contributed by atoms with Gasteiger partial charge in [0.1, 0.15) is 18.7 Å². The number of carbonyl (C=O) groups is 1. The predicted octanol–water partition coefficient (Wildman–Crippen LogP) is 5.11. The van der Waals surface area contributed by atoms with Crippen LogP contribution in [-0.2, 0) is 6.61 Å². The van der Waals surface area contributed by atoms with Crippen molar-refractivity contribution in [1.82, 2.24) is 15.0 Å². The summed E-state index contributed by atoms with van der Waals surface area (Å²) in [5, 5.41) is 3.59. The monoisotopic (exact) mass is 456 g/mol. The van der Waals surface area contributed by atoms with Crippen LogP contribution in [0.3, 0.4) is 0 Å². The summed E-state index contributed by atoms with van der Waals surface area (Å²) in [6.07, 6.45) is 2.57. The fourth-order valence-electron chi connectivity index (χ4n) is 1.82. The number of halogens is 2. The molecule has 0 spiro atoms. The molecule has 10 heteroatoms. The van der Waals surface area contributed by atoms with E-state index in [1.54, 1.807) is 42.1 Å². The van der Waals surface area contributed by atoms with Gasteiger partial charge in [-0.15, -0.1) is 11.3 Å². The first kappa shape index (κ1) is 22.4. The molecule has 3 rings (SSSR count). The number of nitrogens with two attached hydrogens (primary N) is 1. The van der Waals surface area contributed by atoms with Crippen LogP contribution in [0.4, 0.5) is 0 Å². The van der Waals surface area contributed by atoms with Crippen LogP contribution in [0.2, 0.25) is 10.0 Å². The molecule has 1 aromatic carbocycles. The molecule has 0 atom stereocenters. The number of thiophene rings is 1. The summed E-state index contributed by atoms with van der Waals surface area (Å²) in [4.78, 5) is 23.4. The van der Waals surface area contributed by atoms with Gasteiger partial charge in [-0.3, -0.25) is 4.79 Å². The third-order valence-electron chi connectivity index (χ3n) is 3.00. The summed E-state index contributed by atoms with van der Waals surface area (Å²) >= 11 is 14.8. The second-order valence-electron chi connectivity index (χ2n) is 5.27. The van der Waals surface area contributed by atoms with Crippen LogP contribution in [-0.4, -0.2) is 26.6 Å². The Morgan fingerprint density at radius 3 is 2.57 bits per heavy atom. The third-order valence-corrected chi connectivity index (χ3v) is 5.39. The predicted molar refractivity (Wildman–Crippen MR) is 114 cm³/mol. The van der Waals surface area contributed by atoms with Crippen LogP contribution in [0.25, 0.3) is 0 Å². The highest BCUT2D eigenvalue weighted by atomic mass is 35.5. The molecular formula is C18H18Cl2N4O2S2. The Balaban J connectivity index is 0.000000292. The van der Waals surface area contributed by atoms with E-state index in [1.807, 2.05) is 5.38 Å². The van der Waals surface area contributed by atoms with E-state index in [0.717, 1.165) is 12.2 Å². The maximum Gasteiger partial charge on any atom is 0.258 e. The number of rotatable bonds is 7. The highest BCUT2D eigenvalue weighted by molar-refractivity contribution is 7.99. The maximum atomic E-state index is 10.3. The van der Waals surface area contributed by atoms with Crippen molar-refractivity contribution in [2.45, 2.75) is 25.1 Å². The minimum atomic E-state index is -0.347. The molecule has 0 aliphatic rings. The Bertz CT molecular complexity index is 875. The molecule has 0 fully saturated rings. The average Bonchev–Trinajstić information content (AvgIpc) is 3.20. The van der Waals surface area contributed by atoms with Gasteiger partial charge in [0.2, 0.25) is 0 Å². The molecule has 0 bridgehead atoms. The van der Waals surface area contributed by atoms with Crippen LogP contribution in [0.1, 0.15) is 28.8 Å². The van der Waals surface area contributed by atoms with Crippen molar-refractivity contribution >= 4 is 52.2 Å². The third kappa shape index (κ3) is 8.02. The number of hydrogen-bond donors (Lipinski definition) is 1. The van der Waals surface area contributed by atoms with Gasteiger partial charge in [-0.2, -0.15) is 0 Å². The molecule has 2 aromatic heterocycles. The molecule has 0 aliphatic heterocycles. The van der Waals surface area contributed by atoms with Crippen molar-refractivity contribution in [2.24, 2.45) is 5.73 Å². The van der Waals surface area contributed by atoms with Gasteiger partial charge in [-0.05, 0) is 36.1 Å². The molecule has 0 aliphatic carbocycles. The van der Waals surface area contributed by atoms with Gasteiger partial charge in [-0.1, -0.05) is 48.0 Å². The quantitative estimate of drug-likeness (QED) is 0.496. The van der Waals surface area contributed by atoms with E-state index in [1.165, 1.54) is 17.7 Å². The summed E-state index contributed by atoms with van der Waals surface area (Å²) in [5.41, 5.74) is 4.93. The molecule has 28 heavy (non-hydrogen) atoms. The van der Waals surface area contributed by atoms with E-state index < -0.39 is 0 Å². The molecule has 0 saturated carbocycles. The first-order chi connectivity index (χ1) is 13.5. The number of nitrogens with zero attached hydrogens (tertiary/aromatic N) is 3. The van der Waals surface area contributed by atoms with E-state index in [2.05, 4.69) is 21.9 Å². The number of benzene rings is 1. The first-order valence-electron chi connectivity index (χ1n) is 8.21. The molecule has 2 N–H and O–H groups in total. The van der Waals surface area contributed by atoms with E-state index in [9.17, 15) is 4.79 Å². The summed E-state index contributed by atoms with van der Waals surface area (Å²) in [6, 6.07) is 8.54. The van der Waals surface area contributed by atoms with E-state index in [-0.39, 0.29) is 12.5 Å². The van der Waals surface area contributed by atoms with Gasteiger partial charge >= 0.3 is 0 Å². The largest absolute Gasteiger partial charge is 0.486 e. The van der Waals surface area contributed by atoms with E-state index in [4.69, 9.17) is 33.7 Å². The van der Waals surface area contributed by atoms with Crippen LogP contribution in [0.5, 0.6) is 5.75 Å². The lowest BCUT2D eigenvalue weighted by molar-refractivity contribution is 0.100. The Labute approximate surface area is 181 Å². The lowest BCUT2D eigenvalue weighted by Crippen LogP contribution is -2.07. The minimum Gasteiger partial charge on any atom is -0.486 e. The number of amides is 1. The highest BCUT2D eigenvalue weighted by Gasteiger charge is 2.04. The fourth-order valence-corrected chi connectivity index (χ4v) is 3.59. The van der Waals surface area contributed by atoms with Gasteiger partial charge in [0, 0.05) is 15.8 Å². The van der Waals surface area contributed by atoms with E-state index in [0.29, 0.717) is 31.7 Å². The summed E-state index contributed by atoms with van der Waals surface area (Å²) in [5.74, 6) is 1.80. The Morgan fingerprint density at radius 1 is 1.25 bits per heavy atom. The molecule has 148 valence electrons. The number of hydrogen-bond acceptors (Lipinski definition) is 7. The van der Waals surface area contributed by atoms with Crippen molar-refractivity contribution in [2.75, 3.05) is 5.75 Å². The van der Waals surface area contributed by atoms with Crippen molar-refractivity contribution in [3.05, 3.63) is 62.8 Å². The second-order valence-corrected chi connectivity index (χ2v) is 8.15. The number of thioether (sulfide) groups is 1. The standard InChI is InChI=1S/C13H13Cl2N3OS.C5H5NOS/c1-2-3-20-13-17-8-16-12(18-13)7-19-11-5-9(14)4-10(15)6-11;6-5(7)4-2-1-3-8-4/h4-6,8H,2-3,7H2,1H3;1-3H,(H2,6,7). The Kier molecular flexibility index (Phi) is 9.49. The molecule has 2 heterocycles. The number of ether oxygens (including phenoxy) is 1. The average molecular weight is 457 g/mol. The zero-order chi connectivity index (χ0) is 20.4. The molecule has 6 nitrogen and oxygen atoms in total. The number of primary amides is 1. The summed E-state index contributed by atoms with van der Waals surface area (Å²) in [7, 11) is 0. The van der Waals surface area contributed by atoms with Gasteiger partial charge < -0.3 is 10.5 Å². The maximum absolute atomic E-state index is 10.3. The summed E-state index contributed by atoms with van der Waals surface area (Å²) < 4.78 is 5.58. The zero-order valence-electron chi connectivity index (χ0n) is 15.0. The van der Waals surface area contributed by atoms with Gasteiger partial charge in [0.25, 0.3) is 5.91 Å². The van der Waals surface area contributed by atoms with Gasteiger partial charge in [0.05, 0.1) is 4.88 Å². The molecule has 1 amide bonds. The smallest absolute Gasteiger partial charge is 0.258 e.